The Labute approximate surface area is 464 Å². The van der Waals surface area contributed by atoms with Crippen molar-refractivity contribution in [1.29, 1.82) is 0 Å². The number of carboxylic acid groups (broad SMARTS) is 3. The van der Waals surface area contributed by atoms with Crippen LogP contribution in [0.25, 0.3) is 0 Å². The van der Waals surface area contributed by atoms with Gasteiger partial charge >= 0.3 is 39.1 Å². The first kappa shape index (κ1) is 67.5. The number of fused-ring (bicyclic) bond motifs is 9. The fraction of sp³-hybridized carbons (Fsp3) is 0.667. The number of hydrogen-bond acceptors (Lipinski definition) is 21. The van der Waals surface area contributed by atoms with E-state index >= 15 is 0 Å². The zero-order valence-corrected chi connectivity index (χ0v) is 47.4. The van der Waals surface area contributed by atoms with E-state index < -0.39 is 76.6 Å². The molecule has 4 saturated heterocycles. The SMILES string of the molecule is CCOC(=O)C(Cc1ccc([N+](=O)[O-])cc1)N1CCN(CP(=O)(OCC)OCC)CC[N+]2([O-])CC[N+]([O-])(CC1)CC2.O=C(O)CN1CCN(CC(=O)O)CCN(C(Cc2ccc([N+](=O)[O-])cc2)C(=O)O)CCN(CP(=O)(O)O)CC1. The molecular weight excluding hydrogens is 1100 g/mol. The van der Waals surface area contributed by atoms with E-state index in [1.165, 1.54) is 41.3 Å². The number of carboxylic acids is 3. The summed E-state index contributed by atoms with van der Waals surface area (Å²) in [7, 11) is -7.95. The van der Waals surface area contributed by atoms with Crippen molar-refractivity contribution in [3.05, 3.63) is 90.3 Å². The number of aliphatic carboxylic acids is 3. The van der Waals surface area contributed by atoms with Crippen LogP contribution in [0.5, 0.6) is 0 Å². The fourth-order valence-corrected chi connectivity index (χ4v) is 12.2. The van der Waals surface area contributed by atoms with Gasteiger partial charge in [-0.3, -0.25) is 77.9 Å². The summed E-state index contributed by atoms with van der Waals surface area (Å²) in [5.74, 6) is -3.84. The lowest BCUT2D eigenvalue weighted by Crippen LogP contribution is -2.65. The number of carbonyl (C=O) groups is 4. The second-order valence-electron chi connectivity index (χ2n) is 19.9. The Hall–Kier alpha value is -4.98. The number of nitro groups is 2. The monoisotopic (exact) mass is 1180 g/mol. The van der Waals surface area contributed by atoms with Crippen LogP contribution >= 0.6 is 15.2 Å². The van der Waals surface area contributed by atoms with Crippen LogP contribution in [0.1, 0.15) is 31.9 Å². The van der Waals surface area contributed by atoms with Gasteiger partial charge in [0.25, 0.3) is 11.4 Å². The highest BCUT2D eigenvalue weighted by Crippen LogP contribution is 2.48. The molecule has 80 heavy (non-hydrogen) atoms. The molecule has 2 atom stereocenters. The van der Waals surface area contributed by atoms with E-state index in [9.17, 15) is 84.1 Å². The number of piperazine rings is 1. The average molecular weight is 1180 g/mol. The maximum absolute atomic E-state index is 13.5. The van der Waals surface area contributed by atoms with Gasteiger partial charge in [0.1, 0.15) is 50.8 Å². The van der Waals surface area contributed by atoms with Crippen LogP contribution in [0.4, 0.5) is 11.4 Å². The van der Waals surface area contributed by atoms with Crippen molar-refractivity contribution in [3.63, 3.8) is 0 Å². The molecule has 2 unspecified atom stereocenters. The molecule has 2 aromatic rings. The van der Waals surface area contributed by atoms with Gasteiger partial charge in [0.2, 0.25) is 0 Å². The first-order valence-electron chi connectivity index (χ1n) is 26.4. The smallest absolute Gasteiger partial charge is 0.344 e. The van der Waals surface area contributed by atoms with Crippen molar-refractivity contribution >= 4 is 50.4 Å². The van der Waals surface area contributed by atoms with E-state index in [0.717, 1.165) is 0 Å². The van der Waals surface area contributed by atoms with Gasteiger partial charge in [-0.15, -0.1) is 0 Å². The lowest BCUT2D eigenvalue weighted by Gasteiger charge is -2.55. The highest BCUT2D eigenvalue weighted by molar-refractivity contribution is 7.53. The lowest BCUT2D eigenvalue weighted by atomic mass is 10.0. The van der Waals surface area contributed by atoms with Crippen LogP contribution in [0.15, 0.2) is 48.5 Å². The molecule has 0 spiro atoms. The number of ether oxygens (including phenoxy) is 1. The number of rotatable bonds is 23. The van der Waals surface area contributed by atoms with Crippen LogP contribution < -0.4 is 0 Å². The molecule has 4 heterocycles. The van der Waals surface area contributed by atoms with Crippen LogP contribution in [-0.2, 0) is 54.9 Å². The predicted octanol–water partition coefficient (Wildman–Crippen LogP) is 1.67. The second-order valence-corrected chi connectivity index (χ2v) is 23.5. The summed E-state index contributed by atoms with van der Waals surface area (Å²) in [5, 5.41) is 77.6. The molecule has 32 heteroatoms. The molecule has 4 aliphatic heterocycles. The Morgan fingerprint density at radius 1 is 0.550 bits per heavy atom. The van der Waals surface area contributed by atoms with Gasteiger partial charge < -0.3 is 58.6 Å². The fourth-order valence-electron chi connectivity index (χ4n) is 9.63. The molecule has 6 rings (SSSR count). The van der Waals surface area contributed by atoms with E-state index in [-0.39, 0.29) is 162 Å². The maximum atomic E-state index is 13.5. The normalized spacial score (nSPS) is 22.2. The quantitative estimate of drug-likeness (QED) is 0.0264. The minimum Gasteiger partial charge on any atom is -0.632 e. The summed E-state index contributed by atoms with van der Waals surface area (Å²) in [6.07, 6.45) is -0.396. The summed E-state index contributed by atoms with van der Waals surface area (Å²) in [6, 6.07) is 9.61. The molecule has 30 nitrogen and oxygen atoms in total. The summed E-state index contributed by atoms with van der Waals surface area (Å²) >= 11 is 0. The Morgan fingerprint density at radius 2 is 0.925 bits per heavy atom. The minimum atomic E-state index is -4.49. The molecule has 0 aromatic heterocycles. The average Bonchev–Trinajstić information content (AvgIpc) is 3.37. The van der Waals surface area contributed by atoms with Crippen LogP contribution in [-0.4, -0.2) is 273 Å². The third kappa shape index (κ3) is 23.5. The molecule has 4 fully saturated rings. The molecule has 2 aromatic carbocycles. The van der Waals surface area contributed by atoms with Gasteiger partial charge in [0, 0.05) is 103 Å². The highest BCUT2D eigenvalue weighted by atomic mass is 31.2. The zero-order valence-electron chi connectivity index (χ0n) is 45.6. The summed E-state index contributed by atoms with van der Waals surface area (Å²) < 4.78 is 40.7. The first-order chi connectivity index (χ1) is 37.7. The molecule has 0 radical (unpaired) electrons. The number of esters is 1. The van der Waals surface area contributed by atoms with Gasteiger partial charge in [-0.25, -0.2) is 0 Å². The number of hydrogen-bond donors (Lipinski definition) is 5. The van der Waals surface area contributed by atoms with Crippen molar-refractivity contribution < 1.29 is 86.3 Å². The van der Waals surface area contributed by atoms with E-state index in [4.69, 9.17) is 13.8 Å². The van der Waals surface area contributed by atoms with E-state index in [1.54, 1.807) is 47.6 Å². The predicted molar refractivity (Wildman–Crippen MR) is 289 cm³/mol. The Kier molecular flexibility index (Phi) is 27.0. The Bertz CT molecular complexity index is 2420. The molecule has 2 bridgehead atoms. The summed E-state index contributed by atoms with van der Waals surface area (Å²) in [6.45, 7) is 8.48. The molecule has 0 amide bonds. The standard InChI is InChI=1S/C26H44N5O9P.C22H34N5O11P/c1-4-38-26(32)25(21-23-7-9-24(10-8-23)29(33)34)28-12-11-27(22-41(37,39-5-2)40-6-3)13-15-30(35)17-19-31(36,16-14-28)20-18-30;28-20(29)14-23-5-6-24(15-21(30)31)9-11-26(12-10-25(8-7-23)16-39(36,37)38)19(22(32)33)13-17-1-3-18(4-2-17)27(34)35/h7-10,25H,4-6,11-22H2,1-3H3;1-4,19H,5-16H2,(H,28,29)(H,30,31)(H,32,33)(H2,36,37,38). The highest BCUT2D eigenvalue weighted by Gasteiger charge is 2.38. The number of nitrogens with zero attached hydrogens (tertiary/aromatic N) is 10. The van der Waals surface area contributed by atoms with E-state index in [2.05, 4.69) is 0 Å². The third-order valence-corrected chi connectivity index (χ3v) is 16.8. The second kappa shape index (κ2) is 32.0. The number of quaternary nitrogens is 2. The topological polar surface area (TPSA) is 383 Å². The number of carbonyl (C=O) groups excluding carboxylic acids is 1. The number of nitro benzene ring substituents is 2. The van der Waals surface area contributed by atoms with E-state index in [0.29, 0.717) is 30.8 Å². The van der Waals surface area contributed by atoms with Gasteiger partial charge in [-0.1, -0.05) is 24.3 Å². The van der Waals surface area contributed by atoms with E-state index in [1.807, 2.05) is 9.80 Å². The maximum Gasteiger partial charge on any atom is 0.344 e. The lowest BCUT2D eigenvalue weighted by molar-refractivity contribution is -0.988. The zero-order chi connectivity index (χ0) is 59.3. The Morgan fingerprint density at radius 3 is 1.31 bits per heavy atom. The number of hydroxylamine groups is 6. The van der Waals surface area contributed by atoms with Crippen molar-refractivity contribution in [2.75, 3.05) is 163 Å². The molecular formula is C48H78N10O20P2. The molecule has 450 valence electrons. The van der Waals surface area contributed by atoms with Crippen molar-refractivity contribution in [2.45, 2.75) is 45.7 Å². The Balaban J connectivity index is 0.000000345. The third-order valence-electron chi connectivity index (χ3n) is 14.0. The minimum absolute atomic E-state index is 0.00347. The van der Waals surface area contributed by atoms with Gasteiger partial charge in [0.05, 0.1) is 55.8 Å². The van der Waals surface area contributed by atoms with Crippen LogP contribution in [0.3, 0.4) is 0 Å². The van der Waals surface area contributed by atoms with Gasteiger partial charge in [-0.05, 0) is 44.7 Å². The molecule has 0 saturated carbocycles. The van der Waals surface area contributed by atoms with Crippen LogP contribution in [0, 0.1) is 30.6 Å². The van der Waals surface area contributed by atoms with Gasteiger partial charge in [0.15, 0.2) is 0 Å². The van der Waals surface area contributed by atoms with Crippen molar-refractivity contribution in [3.8, 4) is 0 Å². The van der Waals surface area contributed by atoms with Gasteiger partial charge in [-0.2, -0.15) is 0 Å². The van der Waals surface area contributed by atoms with Crippen LogP contribution in [0.2, 0.25) is 0 Å². The number of benzene rings is 2. The summed E-state index contributed by atoms with van der Waals surface area (Å²) in [5.41, 5.74) is 1.04. The largest absolute Gasteiger partial charge is 0.632 e. The summed E-state index contributed by atoms with van der Waals surface area (Å²) in [4.78, 5) is 98.4. The number of non-ortho nitro benzene ring substituents is 2. The molecule has 0 aliphatic carbocycles. The van der Waals surface area contributed by atoms with Crippen molar-refractivity contribution in [1.82, 2.24) is 29.4 Å². The molecule has 5 N–H and O–H groups in total. The van der Waals surface area contributed by atoms with Crippen molar-refractivity contribution in [2.24, 2.45) is 0 Å². The molecule has 4 aliphatic rings. The first-order valence-corrected chi connectivity index (χ1v) is 29.9.